The second-order valence-corrected chi connectivity index (χ2v) is 8.74. The lowest BCUT2D eigenvalue weighted by molar-refractivity contribution is 0.0529. The predicted molar refractivity (Wildman–Crippen MR) is 137 cm³/mol. The summed E-state index contributed by atoms with van der Waals surface area (Å²) >= 11 is 7.24. The lowest BCUT2D eigenvalue weighted by Gasteiger charge is -2.10. The van der Waals surface area contributed by atoms with Gasteiger partial charge in [0, 0.05) is 21.8 Å². The number of methoxy groups -OCH3 is 1. The smallest absolute Gasteiger partial charge is 0.341 e. The fourth-order valence-corrected chi connectivity index (χ4v) is 4.81. The Morgan fingerprint density at radius 3 is 2.24 bits per heavy atom. The third-order valence-corrected chi connectivity index (χ3v) is 6.47. The highest BCUT2D eigenvalue weighted by Crippen LogP contribution is 2.43. The van der Waals surface area contributed by atoms with Gasteiger partial charge in [0.1, 0.15) is 16.3 Å². The van der Waals surface area contributed by atoms with Gasteiger partial charge in [-0.25, -0.2) is 4.79 Å². The summed E-state index contributed by atoms with van der Waals surface area (Å²) < 4.78 is 10.7. The van der Waals surface area contributed by atoms with Crippen molar-refractivity contribution >= 4 is 45.4 Å². The molecule has 0 radical (unpaired) electrons. The first-order chi connectivity index (χ1) is 16.5. The number of benzene rings is 3. The van der Waals surface area contributed by atoms with Crippen LogP contribution in [-0.2, 0) is 4.74 Å². The number of ether oxygens (including phenoxy) is 2. The molecule has 172 valence electrons. The fourth-order valence-electron chi connectivity index (χ4n) is 3.50. The van der Waals surface area contributed by atoms with Gasteiger partial charge < -0.3 is 14.8 Å². The average molecular weight is 492 g/mol. The van der Waals surface area contributed by atoms with E-state index in [0.29, 0.717) is 42.9 Å². The zero-order chi connectivity index (χ0) is 24.1. The molecule has 0 spiro atoms. The molecule has 0 unspecified atom stereocenters. The molecular formula is C27H22ClNO4S. The molecule has 4 rings (SSSR count). The minimum absolute atomic E-state index is 0.209. The van der Waals surface area contributed by atoms with Crippen LogP contribution in [-0.4, -0.2) is 25.5 Å². The summed E-state index contributed by atoms with van der Waals surface area (Å²) in [6, 6.07) is 23.4. The number of halogens is 1. The van der Waals surface area contributed by atoms with Crippen molar-refractivity contribution in [1.82, 2.24) is 0 Å². The average Bonchev–Trinajstić information content (AvgIpc) is 3.24. The maximum Gasteiger partial charge on any atom is 0.341 e. The molecule has 0 aliphatic carbocycles. The molecule has 1 N–H and O–H groups in total. The number of carbonyl (C=O) groups is 2. The summed E-state index contributed by atoms with van der Waals surface area (Å²) in [6.07, 6.45) is 0. The highest BCUT2D eigenvalue weighted by Gasteiger charge is 2.30. The van der Waals surface area contributed by atoms with E-state index in [1.807, 2.05) is 42.5 Å². The zero-order valence-corrected chi connectivity index (χ0v) is 20.2. The van der Waals surface area contributed by atoms with Gasteiger partial charge in [0.05, 0.1) is 18.6 Å². The molecule has 0 fully saturated rings. The zero-order valence-electron chi connectivity index (χ0n) is 18.6. The van der Waals surface area contributed by atoms with Crippen LogP contribution in [0, 0.1) is 0 Å². The van der Waals surface area contributed by atoms with E-state index in [0.717, 1.165) is 5.69 Å². The molecule has 5 nitrogen and oxygen atoms in total. The Bertz CT molecular complexity index is 1300. The molecular weight excluding hydrogens is 470 g/mol. The van der Waals surface area contributed by atoms with Gasteiger partial charge in [-0.2, -0.15) is 0 Å². The lowest BCUT2D eigenvalue weighted by Crippen LogP contribution is -2.09. The second-order valence-electron chi connectivity index (χ2n) is 7.29. The summed E-state index contributed by atoms with van der Waals surface area (Å²) in [5.74, 6) is -0.0397. The Morgan fingerprint density at radius 1 is 0.941 bits per heavy atom. The summed E-state index contributed by atoms with van der Waals surface area (Å²) in [4.78, 5) is 27.2. The molecule has 4 aromatic rings. The van der Waals surface area contributed by atoms with E-state index in [4.69, 9.17) is 21.1 Å². The molecule has 0 amide bonds. The van der Waals surface area contributed by atoms with Gasteiger partial charge in [-0.1, -0.05) is 41.9 Å². The van der Waals surface area contributed by atoms with Crippen molar-refractivity contribution < 1.29 is 19.1 Å². The van der Waals surface area contributed by atoms with Crippen LogP contribution in [0.5, 0.6) is 5.75 Å². The largest absolute Gasteiger partial charge is 0.497 e. The van der Waals surface area contributed by atoms with E-state index in [-0.39, 0.29) is 12.4 Å². The number of carbonyl (C=O) groups excluding carboxylic acids is 2. The normalized spacial score (nSPS) is 10.6. The molecule has 0 bridgehead atoms. The number of para-hydroxylation sites is 1. The summed E-state index contributed by atoms with van der Waals surface area (Å²) in [5.41, 5.74) is 2.81. The summed E-state index contributed by atoms with van der Waals surface area (Å²) in [6.45, 7) is 1.96. The first-order valence-electron chi connectivity index (χ1n) is 10.6. The minimum atomic E-state index is -0.502. The van der Waals surface area contributed by atoms with E-state index in [1.165, 1.54) is 11.3 Å². The van der Waals surface area contributed by atoms with E-state index < -0.39 is 5.97 Å². The maximum absolute atomic E-state index is 13.6. The third-order valence-electron chi connectivity index (χ3n) is 5.11. The number of nitrogens with one attached hydrogen (secondary N) is 1. The van der Waals surface area contributed by atoms with Crippen LogP contribution in [0.15, 0.2) is 78.9 Å². The van der Waals surface area contributed by atoms with E-state index in [1.54, 1.807) is 50.4 Å². The van der Waals surface area contributed by atoms with Gasteiger partial charge in [0.25, 0.3) is 0 Å². The molecule has 0 saturated carbocycles. The number of rotatable bonds is 8. The minimum Gasteiger partial charge on any atom is -0.497 e. The van der Waals surface area contributed by atoms with Gasteiger partial charge in [-0.05, 0) is 61.0 Å². The van der Waals surface area contributed by atoms with Gasteiger partial charge in [-0.15, -0.1) is 11.3 Å². The Hall–Kier alpha value is -3.61. The monoisotopic (exact) mass is 491 g/mol. The molecule has 0 aliphatic rings. The van der Waals surface area contributed by atoms with Crippen molar-refractivity contribution in [2.45, 2.75) is 6.92 Å². The molecule has 1 heterocycles. The highest BCUT2D eigenvalue weighted by molar-refractivity contribution is 7.19. The molecule has 0 aliphatic heterocycles. The van der Waals surface area contributed by atoms with Crippen molar-refractivity contribution in [2.24, 2.45) is 0 Å². The van der Waals surface area contributed by atoms with Crippen LogP contribution in [0.2, 0.25) is 5.02 Å². The van der Waals surface area contributed by atoms with Gasteiger partial charge >= 0.3 is 5.97 Å². The second kappa shape index (κ2) is 10.5. The van der Waals surface area contributed by atoms with Crippen molar-refractivity contribution in [3.63, 3.8) is 0 Å². The van der Waals surface area contributed by atoms with Crippen LogP contribution >= 0.6 is 22.9 Å². The van der Waals surface area contributed by atoms with Crippen LogP contribution in [0.1, 0.15) is 32.5 Å². The van der Waals surface area contributed by atoms with Crippen molar-refractivity contribution in [3.05, 3.63) is 99.9 Å². The quantitative estimate of drug-likeness (QED) is 0.208. The molecule has 0 atom stereocenters. The number of anilines is 2. The molecule has 7 heteroatoms. The summed E-state index contributed by atoms with van der Waals surface area (Å²) in [5, 5.41) is 4.37. The first-order valence-corrected chi connectivity index (χ1v) is 11.8. The van der Waals surface area contributed by atoms with Gasteiger partial charge in [0.15, 0.2) is 0 Å². The fraction of sp³-hybridized carbons (Fsp3) is 0.111. The Balaban J connectivity index is 1.93. The van der Waals surface area contributed by atoms with Gasteiger partial charge in [-0.3, -0.25) is 4.79 Å². The van der Waals surface area contributed by atoms with E-state index >= 15 is 0 Å². The number of esters is 1. The number of hydrogen-bond donors (Lipinski definition) is 1. The maximum atomic E-state index is 13.6. The van der Waals surface area contributed by atoms with Gasteiger partial charge in [0.2, 0.25) is 5.78 Å². The number of hydrogen-bond acceptors (Lipinski definition) is 6. The number of ketones is 1. The standard InChI is InChI=1S/C27H22ClNO4S/c1-3-33-27(31)23-22(17-11-15-21(32-2)16-12-17)25(24(30)18-9-13-19(28)14-10-18)34-26(23)29-20-7-5-4-6-8-20/h4-16,29H,3H2,1-2H3. The van der Waals surface area contributed by atoms with Crippen molar-refractivity contribution in [3.8, 4) is 16.9 Å². The molecule has 3 aromatic carbocycles. The van der Waals surface area contributed by atoms with Crippen LogP contribution in [0.3, 0.4) is 0 Å². The molecule has 34 heavy (non-hydrogen) atoms. The third kappa shape index (κ3) is 4.98. The first kappa shape index (κ1) is 23.5. The van der Waals surface area contributed by atoms with Crippen LogP contribution in [0.4, 0.5) is 10.7 Å². The lowest BCUT2D eigenvalue weighted by atomic mass is 9.97. The Kier molecular flexibility index (Phi) is 7.30. The van der Waals surface area contributed by atoms with Crippen molar-refractivity contribution in [1.29, 1.82) is 0 Å². The van der Waals surface area contributed by atoms with E-state index in [2.05, 4.69) is 5.32 Å². The van der Waals surface area contributed by atoms with Crippen LogP contribution in [0.25, 0.3) is 11.1 Å². The molecule has 0 saturated heterocycles. The van der Waals surface area contributed by atoms with Crippen molar-refractivity contribution in [2.75, 3.05) is 19.0 Å². The Labute approximate surface area is 206 Å². The number of thiophene rings is 1. The Morgan fingerprint density at radius 2 is 1.62 bits per heavy atom. The van der Waals surface area contributed by atoms with E-state index in [9.17, 15) is 9.59 Å². The SMILES string of the molecule is CCOC(=O)c1c(Nc2ccccc2)sc(C(=O)c2ccc(Cl)cc2)c1-c1ccc(OC)cc1. The topological polar surface area (TPSA) is 64.6 Å². The highest BCUT2D eigenvalue weighted by atomic mass is 35.5. The summed E-state index contributed by atoms with van der Waals surface area (Å²) in [7, 11) is 1.58. The predicted octanol–water partition coefficient (Wildman–Crippen LogP) is 7.23. The molecule has 1 aromatic heterocycles. The van der Waals surface area contributed by atoms with Crippen LogP contribution < -0.4 is 10.1 Å².